The molecule has 8 aromatic carbocycles. The lowest BCUT2D eigenvalue weighted by atomic mass is 9.98. The number of carbonyl (C=O) groups is 5. The second-order valence-electron chi connectivity index (χ2n) is 19.6. The highest BCUT2D eigenvalue weighted by atomic mass is 19.4. The highest BCUT2D eigenvalue weighted by molar-refractivity contribution is 6.10. The van der Waals surface area contributed by atoms with Crippen molar-refractivity contribution in [3.05, 3.63) is 263 Å². The lowest BCUT2D eigenvalue weighted by Gasteiger charge is -2.20. The first-order chi connectivity index (χ1) is 41.3. The highest BCUT2D eigenvalue weighted by Gasteiger charge is 2.31. The summed E-state index contributed by atoms with van der Waals surface area (Å²) in [5.41, 5.74) is 10.5. The van der Waals surface area contributed by atoms with Gasteiger partial charge >= 0.3 is 12.4 Å². The van der Waals surface area contributed by atoms with Crippen molar-refractivity contribution in [2.24, 2.45) is 5.73 Å². The average Bonchev–Trinajstić information content (AvgIpc) is 2.04. The van der Waals surface area contributed by atoms with Crippen molar-refractivity contribution in [1.82, 2.24) is 32.1 Å². The van der Waals surface area contributed by atoms with Gasteiger partial charge in [-0.15, -0.1) is 0 Å². The summed E-state index contributed by atoms with van der Waals surface area (Å²) in [6.07, 6.45) is -8.57. The highest BCUT2D eigenvalue weighted by Crippen LogP contribution is 2.34. The Hall–Kier alpha value is -10.6. The number of aromatic nitrogens is 2. The molecular formula is C67H57F6N9O5. The maximum absolute atomic E-state index is 13.2. The minimum Gasteiger partial charge on any atom is -0.354 e. The van der Waals surface area contributed by atoms with Crippen LogP contribution < -0.4 is 38.5 Å². The van der Waals surface area contributed by atoms with Crippen LogP contribution in [0.1, 0.15) is 89.1 Å². The summed E-state index contributed by atoms with van der Waals surface area (Å²) in [7, 11) is 0. The van der Waals surface area contributed by atoms with Crippen LogP contribution in [0.4, 0.5) is 38.0 Å². The van der Waals surface area contributed by atoms with Crippen LogP contribution in [0.25, 0.3) is 44.1 Å². The van der Waals surface area contributed by atoms with E-state index in [1.54, 1.807) is 116 Å². The first-order valence-electron chi connectivity index (χ1n) is 27.0. The summed E-state index contributed by atoms with van der Waals surface area (Å²) in [5.74, 6) is -1.10. The molecule has 2 aromatic heterocycles. The molecule has 442 valence electrons. The Morgan fingerprint density at radius 1 is 0.460 bits per heavy atom. The van der Waals surface area contributed by atoms with Gasteiger partial charge in [0.05, 0.1) is 34.2 Å². The van der Waals surface area contributed by atoms with Crippen LogP contribution in [0.5, 0.6) is 0 Å². The molecule has 0 spiro atoms. The second-order valence-corrected chi connectivity index (χ2v) is 19.6. The number of fused-ring (bicyclic) bond motifs is 2. The lowest BCUT2D eigenvalue weighted by Crippen LogP contribution is -2.37. The molecule has 0 saturated heterocycles. The summed E-state index contributed by atoms with van der Waals surface area (Å²) in [5, 5.41) is 15.7. The fraction of sp³-hybridized carbons (Fsp3) is 0.119. The third-order valence-electron chi connectivity index (χ3n) is 13.9. The molecule has 0 unspecified atom stereocenters. The number of rotatable bonds is 16. The van der Waals surface area contributed by atoms with E-state index in [9.17, 15) is 50.3 Å². The number of hydrogen-bond acceptors (Lipinski definition) is 9. The molecule has 10 rings (SSSR count). The standard InChI is InChI=1S/C35H29F3N4O3.C32H25F3N4O2.H3N/c1-2-32(43)39-21-30(23-8-4-3-5-9-23)41-33(44)25-14-18-29-24(20-25)15-19-31(40-29)42-34(45)28-11-7-6-10-27(28)22-12-16-26(17-13-22)35(36,37)38;33-32(34,35)24-14-10-20(11-15-24)25-8-4-5-9-26(25)31(41)39-29-17-13-22-18-23(12-16-27(22)37-29)30(40)38-28(19-36)21-6-2-1-3-7-21;/h3-20,30H,2,21H2,1H3,(H,39,43)(H,41,44)(H,40,42,45);1-18,28H,19,36H2,(H,38,40)(H,37,39,41);1H3/t30-;28-;/m11./s1. The third-order valence-corrected chi connectivity index (χ3v) is 13.9. The van der Waals surface area contributed by atoms with Crippen LogP contribution in [0.3, 0.4) is 0 Å². The molecular weight excluding hydrogens is 1120 g/mol. The zero-order chi connectivity index (χ0) is 61.0. The number of pyridine rings is 2. The number of nitrogens with zero attached hydrogens (tertiary/aromatic N) is 2. The number of alkyl halides is 6. The van der Waals surface area contributed by atoms with Gasteiger partial charge in [0.1, 0.15) is 11.6 Å². The first kappa shape index (κ1) is 62.5. The van der Waals surface area contributed by atoms with E-state index in [2.05, 4.69) is 36.6 Å². The second kappa shape index (κ2) is 27.9. The van der Waals surface area contributed by atoms with Crippen molar-refractivity contribution in [3.8, 4) is 22.3 Å². The number of nitrogens with two attached hydrogens (primary N) is 1. The van der Waals surface area contributed by atoms with Crippen molar-refractivity contribution < 1.29 is 50.3 Å². The molecule has 0 aliphatic heterocycles. The Bertz CT molecular complexity index is 4080. The number of amides is 5. The average molecular weight is 1180 g/mol. The number of halogens is 6. The van der Waals surface area contributed by atoms with E-state index in [0.29, 0.717) is 61.6 Å². The topological polar surface area (TPSA) is 232 Å². The number of carbonyl (C=O) groups excluding carboxylic acids is 5. The van der Waals surface area contributed by atoms with Crippen LogP contribution in [0.2, 0.25) is 0 Å². The van der Waals surface area contributed by atoms with E-state index in [-0.39, 0.29) is 65.8 Å². The molecule has 20 heteroatoms. The van der Waals surface area contributed by atoms with Crippen molar-refractivity contribution >= 4 is 63.0 Å². The van der Waals surface area contributed by atoms with E-state index in [1.807, 2.05) is 60.7 Å². The monoisotopic (exact) mass is 1180 g/mol. The number of benzene rings is 8. The van der Waals surface area contributed by atoms with Crippen LogP contribution >= 0.6 is 0 Å². The Morgan fingerprint density at radius 3 is 1.25 bits per heavy atom. The summed E-state index contributed by atoms with van der Waals surface area (Å²) in [6, 6.07) is 57.4. The van der Waals surface area contributed by atoms with Gasteiger partial charge in [0.25, 0.3) is 23.6 Å². The summed E-state index contributed by atoms with van der Waals surface area (Å²) < 4.78 is 78.0. The Kier molecular flexibility index (Phi) is 20.0. The van der Waals surface area contributed by atoms with Gasteiger partial charge in [-0.1, -0.05) is 128 Å². The molecule has 10 aromatic rings. The van der Waals surface area contributed by atoms with E-state index >= 15 is 0 Å². The fourth-order valence-corrected chi connectivity index (χ4v) is 9.31. The Morgan fingerprint density at radius 2 is 0.851 bits per heavy atom. The van der Waals surface area contributed by atoms with Gasteiger partial charge in [-0.3, -0.25) is 24.0 Å². The van der Waals surface area contributed by atoms with Gasteiger partial charge in [0, 0.05) is 52.5 Å². The largest absolute Gasteiger partial charge is 0.416 e. The summed E-state index contributed by atoms with van der Waals surface area (Å²) in [4.78, 5) is 73.4. The number of nitrogens with one attached hydrogen (secondary N) is 5. The predicted molar refractivity (Wildman–Crippen MR) is 324 cm³/mol. The van der Waals surface area contributed by atoms with Gasteiger partial charge in [-0.05, 0) is 130 Å². The van der Waals surface area contributed by atoms with Crippen molar-refractivity contribution in [2.75, 3.05) is 23.7 Å². The molecule has 5 amide bonds. The van der Waals surface area contributed by atoms with E-state index < -0.39 is 41.3 Å². The van der Waals surface area contributed by atoms with Gasteiger partial charge in [0.2, 0.25) is 5.91 Å². The maximum Gasteiger partial charge on any atom is 0.416 e. The quantitative estimate of drug-likeness (QED) is 0.0455. The molecule has 0 radical (unpaired) electrons. The van der Waals surface area contributed by atoms with Gasteiger partial charge < -0.3 is 38.5 Å². The molecule has 87 heavy (non-hydrogen) atoms. The van der Waals surface area contributed by atoms with Gasteiger partial charge in [0.15, 0.2) is 0 Å². The molecule has 14 nitrogen and oxygen atoms in total. The zero-order valence-electron chi connectivity index (χ0n) is 46.5. The molecule has 0 aliphatic rings. The Labute approximate surface area is 495 Å². The van der Waals surface area contributed by atoms with Crippen molar-refractivity contribution in [2.45, 2.75) is 37.8 Å². The molecule has 2 atom stereocenters. The number of anilines is 2. The van der Waals surface area contributed by atoms with Crippen LogP contribution in [0.15, 0.2) is 218 Å². The SMILES string of the molecule is CCC(=O)NC[C@@H](NC(=O)c1ccc2nc(NC(=O)c3ccccc3-c3ccc(C(F)(F)F)cc3)ccc2c1)c1ccccc1.N.NC[C@@H](NC(=O)c1ccc2nc(NC(=O)c3ccccc3-c3ccc(C(F)(F)F)cc3)ccc2c1)c1ccccc1. The summed E-state index contributed by atoms with van der Waals surface area (Å²) >= 11 is 0. The fourth-order valence-electron chi connectivity index (χ4n) is 9.31. The van der Waals surface area contributed by atoms with Crippen LogP contribution in [0, 0.1) is 0 Å². The molecule has 0 bridgehead atoms. The molecule has 2 heterocycles. The molecule has 0 fully saturated rings. The van der Waals surface area contributed by atoms with Gasteiger partial charge in [-0.25, -0.2) is 9.97 Å². The summed E-state index contributed by atoms with van der Waals surface area (Å²) in [6.45, 7) is 2.24. The minimum atomic E-state index is -4.46. The van der Waals surface area contributed by atoms with E-state index in [4.69, 9.17) is 5.73 Å². The smallest absolute Gasteiger partial charge is 0.354 e. The maximum atomic E-state index is 13.2. The lowest BCUT2D eigenvalue weighted by molar-refractivity contribution is -0.138. The molecule has 0 aliphatic carbocycles. The van der Waals surface area contributed by atoms with Crippen molar-refractivity contribution in [3.63, 3.8) is 0 Å². The van der Waals surface area contributed by atoms with E-state index in [1.165, 1.54) is 24.3 Å². The minimum absolute atomic E-state index is 0. The predicted octanol–water partition coefficient (Wildman–Crippen LogP) is 13.9. The molecule has 10 N–H and O–H groups in total. The number of hydrogen-bond donors (Lipinski definition) is 7. The van der Waals surface area contributed by atoms with Crippen LogP contribution in [-0.4, -0.2) is 52.6 Å². The normalized spacial score (nSPS) is 11.9. The first-order valence-corrected chi connectivity index (χ1v) is 27.0. The van der Waals surface area contributed by atoms with Crippen molar-refractivity contribution in [1.29, 1.82) is 0 Å². The Balaban J connectivity index is 0.000000224. The third kappa shape index (κ3) is 15.8. The van der Waals surface area contributed by atoms with Crippen LogP contribution in [-0.2, 0) is 17.1 Å². The van der Waals surface area contributed by atoms with E-state index in [0.717, 1.165) is 35.4 Å². The molecule has 0 saturated carbocycles. The zero-order valence-corrected chi connectivity index (χ0v) is 46.5. The van der Waals surface area contributed by atoms with Gasteiger partial charge in [-0.2, -0.15) is 26.3 Å².